The molecule has 0 spiro atoms. The molecule has 0 saturated heterocycles. The number of aryl methyl sites for hydroxylation is 1. The monoisotopic (exact) mass is 444 g/mol. The predicted octanol–water partition coefficient (Wildman–Crippen LogP) is 3.57. The highest BCUT2D eigenvalue weighted by Crippen LogP contribution is 2.27. The number of aromatic nitrogens is 3. The number of halogens is 1. The number of amides is 1. The highest BCUT2D eigenvalue weighted by atomic mass is 35.5. The van der Waals surface area contributed by atoms with Crippen molar-refractivity contribution in [3.05, 3.63) is 87.2 Å². The normalized spacial score (nSPS) is 10.5. The molecule has 0 atom stereocenters. The Kier molecular flexibility index (Phi) is 6.70. The van der Waals surface area contributed by atoms with Crippen LogP contribution in [0, 0.1) is 10.1 Å². The van der Waals surface area contributed by atoms with E-state index in [4.69, 9.17) is 11.6 Å². The Bertz CT molecular complexity index is 1100. The van der Waals surface area contributed by atoms with Gasteiger partial charge >= 0.3 is 0 Å². The number of nitro groups is 1. The molecular formula is C19H17ClN6O3S. The first kappa shape index (κ1) is 21.3. The largest absolute Gasteiger partial charge is 0.312 e. The maximum atomic E-state index is 12.3. The van der Waals surface area contributed by atoms with E-state index in [-0.39, 0.29) is 16.6 Å². The number of thioether (sulfide) groups is 1. The maximum absolute atomic E-state index is 12.3. The minimum atomic E-state index is -0.581. The molecule has 0 bridgehead atoms. The Morgan fingerprint density at radius 2 is 1.93 bits per heavy atom. The van der Waals surface area contributed by atoms with Crippen molar-refractivity contribution in [3.63, 3.8) is 0 Å². The summed E-state index contributed by atoms with van der Waals surface area (Å²) in [7, 11) is 1.87. The van der Waals surface area contributed by atoms with Gasteiger partial charge in [-0.25, -0.2) is 0 Å². The number of nitro benzene ring substituents is 1. The van der Waals surface area contributed by atoms with Crippen LogP contribution in [0.5, 0.6) is 0 Å². The van der Waals surface area contributed by atoms with Gasteiger partial charge in [-0.05, 0) is 23.8 Å². The number of nitrogens with zero attached hydrogens (tertiary/aromatic N) is 4. The van der Waals surface area contributed by atoms with E-state index in [0.29, 0.717) is 22.6 Å². The number of carbonyl (C=O) groups excluding carboxylic acids is 1. The van der Waals surface area contributed by atoms with Gasteiger partial charge in [-0.15, -0.1) is 10.2 Å². The predicted molar refractivity (Wildman–Crippen MR) is 115 cm³/mol. The Labute approximate surface area is 181 Å². The molecule has 1 amide bonds. The first-order chi connectivity index (χ1) is 14.3. The summed E-state index contributed by atoms with van der Waals surface area (Å²) in [6, 6.07) is 11.4. The average Bonchev–Trinajstić information content (AvgIpc) is 3.15. The van der Waals surface area contributed by atoms with Gasteiger partial charge in [-0.2, -0.15) is 0 Å². The van der Waals surface area contributed by atoms with E-state index in [0.717, 1.165) is 10.7 Å². The Morgan fingerprint density at radius 1 is 1.23 bits per heavy atom. The van der Waals surface area contributed by atoms with Crippen molar-refractivity contribution in [2.45, 2.75) is 10.9 Å². The van der Waals surface area contributed by atoms with E-state index in [1.165, 1.54) is 12.1 Å². The zero-order chi connectivity index (χ0) is 21.7. The van der Waals surface area contributed by atoms with Crippen LogP contribution in [0.4, 0.5) is 5.69 Å². The van der Waals surface area contributed by atoms with E-state index in [2.05, 4.69) is 27.6 Å². The van der Waals surface area contributed by atoms with Crippen LogP contribution in [0.15, 0.2) is 60.5 Å². The number of hydrogen-bond acceptors (Lipinski definition) is 7. The van der Waals surface area contributed by atoms with E-state index >= 15 is 0 Å². The number of benzene rings is 2. The lowest BCUT2D eigenvalue weighted by Gasteiger charge is -2.12. The van der Waals surface area contributed by atoms with Gasteiger partial charge < -0.3 is 4.57 Å². The van der Waals surface area contributed by atoms with Gasteiger partial charge in [0.15, 0.2) is 5.16 Å². The fraction of sp³-hybridized carbons (Fsp3) is 0.105. The van der Waals surface area contributed by atoms with E-state index in [1.54, 1.807) is 36.3 Å². The standard InChI is InChI=1S/C19H17ClN6O3S/c1-12(15-7-8-16(20)17(9-15)26(28)29)22-23-18(27)14-5-3-13(4-6-14)10-30-19-24-21-11-25(19)2/h3-9,11,22H,1,10H2,2H3,(H,23,27). The molecule has 11 heteroatoms. The number of rotatable bonds is 8. The quantitative estimate of drug-likeness (QED) is 0.310. The molecule has 0 aliphatic carbocycles. The van der Waals surface area contributed by atoms with Crippen LogP contribution in [0.1, 0.15) is 21.5 Å². The summed E-state index contributed by atoms with van der Waals surface area (Å²) in [4.78, 5) is 22.8. The molecule has 0 aliphatic rings. The van der Waals surface area contributed by atoms with Crippen molar-refractivity contribution in [1.82, 2.24) is 25.6 Å². The Balaban J connectivity index is 1.55. The van der Waals surface area contributed by atoms with Crippen LogP contribution >= 0.6 is 23.4 Å². The number of hydrogen-bond donors (Lipinski definition) is 2. The molecule has 0 unspecified atom stereocenters. The summed E-state index contributed by atoms with van der Waals surface area (Å²) < 4.78 is 1.83. The second kappa shape index (κ2) is 9.42. The van der Waals surface area contributed by atoms with Gasteiger partial charge in [0.2, 0.25) is 0 Å². The van der Waals surface area contributed by atoms with Crippen LogP contribution in [-0.2, 0) is 12.8 Å². The molecule has 2 aromatic carbocycles. The number of hydrazine groups is 1. The molecular weight excluding hydrogens is 428 g/mol. The lowest BCUT2D eigenvalue weighted by Crippen LogP contribution is -2.35. The summed E-state index contributed by atoms with van der Waals surface area (Å²) >= 11 is 7.35. The minimum Gasteiger partial charge on any atom is -0.312 e. The molecule has 0 fully saturated rings. The summed E-state index contributed by atoms with van der Waals surface area (Å²) in [6.07, 6.45) is 1.64. The smallest absolute Gasteiger partial charge is 0.288 e. The van der Waals surface area contributed by atoms with Crippen LogP contribution in [-0.4, -0.2) is 25.6 Å². The molecule has 30 heavy (non-hydrogen) atoms. The average molecular weight is 445 g/mol. The highest BCUT2D eigenvalue weighted by molar-refractivity contribution is 7.98. The topological polar surface area (TPSA) is 115 Å². The minimum absolute atomic E-state index is 0.0259. The van der Waals surface area contributed by atoms with Crippen molar-refractivity contribution in [1.29, 1.82) is 0 Å². The SMILES string of the molecule is C=C(NNC(=O)c1ccc(CSc2nncn2C)cc1)c1ccc(Cl)c([N+](=O)[O-])c1. The first-order valence-electron chi connectivity index (χ1n) is 8.60. The molecule has 2 N–H and O–H groups in total. The van der Waals surface area contributed by atoms with Gasteiger partial charge in [0.25, 0.3) is 11.6 Å². The molecule has 0 saturated carbocycles. The lowest BCUT2D eigenvalue weighted by atomic mass is 10.1. The molecule has 154 valence electrons. The summed E-state index contributed by atoms with van der Waals surface area (Å²) in [5.74, 6) is 0.325. The van der Waals surface area contributed by atoms with Crippen molar-refractivity contribution in [2.24, 2.45) is 7.05 Å². The third-order valence-electron chi connectivity index (χ3n) is 4.07. The van der Waals surface area contributed by atoms with Crippen LogP contribution < -0.4 is 10.9 Å². The summed E-state index contributed by atoms with van der Waals surface area (Å²) in [6.45, 7) is 3.78. The first-order valence-corrected chi connectivity index (χ1v) is 9.97. The Morgan fingerprint density at radius 3 is 2.57 bits per heavy atom. The molecule has 0 radical (unpaired) electrons. The van der Waals surface area contributed by atoms with E-state index in [9.17, 15) is 14.9 Å². The van der Waals surface area contributed by atoms with Gasteiger partial charge in [0, 0.05) is 30.0 Å². The number of nitrogens with one attached hydrogen (secondary N) is 2. The Hall–Kier alpha value is -3.37. The fourth-order valence-corrected chi connectivity index (χ4v) is 3.45. The zero-order valence-electron chi connectivity index (χ0n) is 15.8. The van der Waals surface area contributed by atoms with Gasteiger partial charge in [0.05, 0.1) is 10.6 Å². The van der Waals surface area contributed by atoms with Crippen LogP contribution in [0.25, 0.3) is 5.70 Å². The third kappa shape index (κ3) is 5.16. The zero-order valence-corrected chi connectivity index (χ0v) is 17.4. The molecule has 3 rings (SSSR count). The molecule has 3 aromatic rings. The fourth-order valence-electron chi connectivity index (χ4n) is 2.42. The van der Waals surface area contributed by atoms with E-state index in [1.807, 2.05) is 23.7 Å². The molecule has 1 aromatic heterocycles. The summed E-state index contributed by atoms with van der Waals surface area (Å²) in [5, 5.41) is 19.7. The summed E-state index contributed by atoms with van der Waals surface area (Å²) in [5.41, 5.74) is 7.16. The van der Waals surface area contributed by atoms with Crippen molar-refractivity contribution < 1.29 is 9.72 Å². The van der Waals surface area contributed by atoms with Gasteiger partial charge in [-0.1, -0.05) is 48.1 Å². The number of carbonyl (C=O) groups is 1. The third-order valence-corrected chi connectivity index (χ3v) is 5.50. The molecule has 9 nitrogen and oxygen atoms in total. The van der Waals surface area contributed by atoms with Crippen LogP contribution in [0.2, 0.25) is 5.02 Å². The van der Waals surface area contributed by atoms with Crippen molar-refractivity contribution >= 4 is 40.7 Å². The van der Waals surface area contributed by atoms with Crippen molar-refractivity contribution in [3.8, 4) is 0 Å². The highest BCUT2D eigenvalue weighted by Gasteiger charge is 2.14. The second-order valence-corrected chi connectivity index (χ2v) is 7.54. The van der Waals surface area contributed by atoms with Crippen LogP contribution in [0.3, 0.4) is 0 Å². The lowest BCUT2D eigenvalue weighted by molar-refractivity contribution is -0.384. The second-order valence-electron chi connectivity index (χ2n) is 6.19. The molecule has 1 heterocycles. The molecule has 0 aliphatic heterocycles. The van der Waals surface area contributed by atoms with Crippen molar-refractivity contribution in [2.75, 3.05) is 0 Å². The van der Waals surface area contributed by atoms with Gasteiger partial charge in [0.1, 0.15) is 11.3 Å². The van der Waals surface area contributed by atoms with E-state index < -0.39 is 4.92 Å². The maximum Gasteiger partial charge on any atom is 0.288 e. The van der Waals surface area contributed by atoms with Gasteiger partial charge in [-0.3, -0.25) is 25.8 Å².